The molecule has 0 spiro atoms. The molecule has 0 aliphatic heterocycles. The molecule has 2 aromatic carbocycles. The van der Waals surface area contributed by atoms with Crippen LogP contribution < -0.4 is 19.1 Å². The summed E-state index contributed by atoms with van der Waals surface area (Å²) in [6, 6.07) is 9.94. The molecular formula is C17H19N3O7S. The largest absolute Gasteiger partial charge is 0.497 e. The summed E-state index contributed by atoms with van der Waals surface area (Å²) in [5, 5.41) is 13.6. The molecule has 28 heavy (non-hydrogen) atoms. The second kappa shape index (κ2) is 8.57. The molecule has 0 heterocycles. The van der Waals surface area contributed by atoms with Crippen LogP contribution in [-0.2, 0) is 14.8 Å². The topological polar surface area (TPSA) is 128 Å². The number of anilines is 2. The smallest absolute Gasteiger partial charge is 0.271 e. The fourth-order valence-corrected chi connectivity index (χ4v) is 3.22. The molecule has 1 amide bonds. The van der Waals surface area contributed by atoms with Crippen LogP contribution in [0.1, 0.15) is 0 Å². The van der Waals surface area contributed by atoms with Gasteiger partial charge in [-0.1, -0.05) is 0 Å². The first-order valence-electron chi connectivity index (χ1n) is 7.89. The number of carbonyl (C=O) groups is 1. The van der Waals surface area contributed by atoms with Crippen LogP contribution in [0.2, 0.25) is 0 Å². The van der Waals surface area contributed by atoms with Crippen LogP contribution in [0, 0.1) is 10.1 Å². The van der Waals surface area contributed by atoms with Crippen molar-refractivity contribution >= 4 is 33.0 Å². The Morgan fingerprint density at radius 2 is 1.79 bits per heavy atom. The lowest BCUT2D eigenvalue weighted by atomic mass is 10.2. The molecule has 0 fully saturated rings. The minimum atomic E-state index is -3.94. The molecule has 0 atom stereocenters. The van der Waals surface area contributed by atoms with Crippen LogP contribution in [0.3, 0.4) is 0 Å². The number of rotatable bonds is 8. The minimum Gasteiger partial charge on any atom is -0.497 e. The average molecular weight is 409 g/mol. The summed E-state index contributed by atoms with van der Waals surface area (Å²) in [5.74, 6) is 0.0366. The van der Waals surface area contributed by atoms with Gasteiger partial charge in [-0.2, -0.15) is 0 Å². The van der Waals surface area contributed by atoms with E-state index in [1.807, 2.05) is 0 Å². The number of nitrogens with zero attached hydrogens (tertiary/aromatic N) is 2. The number of carbonyl (C=O) groups excluding carboxylic acids is 1. The predicted octanol–water partition coefficient (Wildman–Crippen LogP) is 2.02. The Balaban J connectivity index is 2.33. The van der Waals surface area contributed by atoms with Crippen molar-refractivity contribution in [1.29, 1.82) is 0 Å². The lowest BCUT2D eigenvalue weighted by Crippen LogP contribution is -2.37. The van der Waals surface area contributed by atoms with Gasteiger partial charge in [0.25, 0.3) is 5.69 Å². The van der Waals surface area contributed by atoms with E-state index in [0.29, 0.717) is 11.4 Å². The third kappa shape index (κ3) is 5.10. The molecule has 0 unspecified atom stereocenters. The number of nitro groups is 1. The van der Waals surface area contributed by atoms with Gasteiger partial charge in [-0.25, -0.2) is 8.42 Å². The Kier molecular flexibility index (Phi) is 6.41. The lowest BCUT2D eigenvalue weighted by molar-refractivity contribution is -0.384. The first-order valence-corrected chi connectivity index (χ1v) is 9.74. The number of hydrogen-bond acceptors (Lipinski definition) is 7. The molecule has 0 radical (unpaired) electrons. The maximum Gasteiger partial charge on any atom is 0.271 e. The predicted molar refractivity (Wildman–Crippen MR) is 103 cm³/mol. The lowest BCUT2D eigenvalue weighted by Gasteiger charge is -2.23. The van der Waals surface area contributed by atoms with Crippen molar-refractivity contribution in [2.75, 3.05) is 36.6 Å². The maximum atomic E-state index is 12.4. The van der Waals surface area contributed by atoms with E-state index in [0.717, 1.165) is 16.6 Å². The monoisotopic (exact) mass is 409 g/mol. The number of non-ortho nitro benzene ring substituents is 1. The van der Waals surface area contributed by atoms with Crippen LogP contribution in [0.5, 0.6) is 11.5 Å². The maximum absolute atomic E-state index is 12.4. The van der Waals surface area contributed by atoms with Crippen molar-refractivity contribution in [3.05, 3.63) is 52.6 Å². The van der Waals surface area contributed by atoms with Crippen LogP contribution in [-0.4, -0.2) is 46.3 Å². The van der Waals surface area contributed by atoms with E-state index in [9.17, 15) is 23.3 Å². The van der Waals surface area contributed by atoms with Gasteiger partial charge in [-0.15, -0.1) is 0 Å². The Hall–Kier alpha value is -3.34. The molecule has 11 heteroatoms. The normalized spacial score (nSPS) is 10.8. The number of amides is 1. The third-order valence-corrected chi connectivity index (χ3v) is 4.83. The summed E-state index contributed by atoms with van der Waals surface area (Å²) < 4.78 is 35.4. The highest BCUT2D eigenvalue weighted by molar-refractivity contribution is 7.92. The van der Waals surface area contributed by atoms with E-state index >= 15 is 0 Å². The molecule has 0 saturated carbocycles. The molecule has 0 aliphatic rings. The van der Waals surface area contributed by atoms with Gasteiger partial charge in [-0.05, 0) is 30.3 Å². The van der Waals surface area contributed by atoms with Crippen molar-refractivity contribution < 1.29 is 27.6 Å². The van der Waals surface area contributed by atoms with Gasteiger partial charge in [0, 0.05) is 17.8 Å². The number of nitrogens with one attached hydrogen (secondary N) is 1. The van der Waals surface area contributed by atoms with Crippen LogP contribution in [0.4, 0.5) is 17.1 Å². The summed E-state index contributed by atoms with van der Waals surface area (Å²) in [4.78, 5) is 22.8. The molecule has 10 nitrogen and oxygen atoms in total. The molecule has 2 aromatic rings. The van der Waals surface area contributed by atoms with Gasteiger partial charge >= 0.3 is 0 Å². The second-order valence-corrected chi connectivity index (χ2v) is 7.57. The first-order chi connectivity index (χ1) is 13.2. The van der Waals surface area contributed by atoms with Crippen LogP contribution in [0.25, 0.3) is 0 Å². The Morgan fingerprint density at radius 3 is 2.29 bits per heavy atom. The zero-order valence-corrected chi connectivity index (χ0v) is 16.2. The molecule has 1 N–H and O–H groups in total. The van der Waals surface area contributed by atoms with Crippen molar-refractivity contribution in [2.45, 2.75) is 0 Å². The number of benzene rings is 2. The summed E-state index contributed by atoms with van der Waals surface area (Å²) >= 11 is 0. The van der Waals surface area contributed by atoms with Crippen LogP contribution >= 0.6 is 0 Å². The zero-order chi connectivity index (χ0) is 20.9. The highest BCUT2D eigenvalue weighted by Gasteiger charge is 2.26. The molecular weight excluding hydrogens is 390 g/mol. The van der Waals surface area contributed by atoms with E-state index in [2.05, 4.69) is 5.32 Å². The van der Waals surface area contributed by atoms with Gasteiger partial charge in [0.1, 0.15) is 23.7 Å². The number of methoxy groups -OCH3 is 2. The molecule has 150 valence electrons. The standard InChI is InChI=1S/C17H19N3O7S/c1-26-14-7-4-12(5-8-14)18-17(21)11-19(28(3,24)25)15-10-13(20(22)23)6-9-16(15)27-2/h4-10H,11H2,1-3H3,(H,18,21). The number of ether oxygens (including phenoxy) is 2. The summed E-state index contributed by atoms with van der Waals surface area (Å²) in [7, 11) is -1.14. The van der Waals surface area contributed by atoms with Gasteiger partial charge in [0.15, 0.2) is 0 Å². The van der Waals surface area contributed by atoms with Crippen molar-refractivity contribution in [2.24, 2.45) is 0 Å². The SMILES string of the molecule is COc1ccc(NC(=O)CN(c2cc([N+](=O)[O-])ccc2OC)S(C)(=O)=O)cc1. The van der Waals surface area contributed by atoms with E-state index in [-0.39, 0.29) is 17.1 Å². The van der Waals surface area contributed by atoms with Crippen molar-refractivity contribution in [3.63, 3.8) is 0 Å². The Labute approximate surface area is 161 Å². The first kappa shape index (κ1) is 21.0. The molecule has 2 rings (SSSR count). The second-order valence-electron chi connectivity index (χ2n) is 5.66. The fourth-order valence-electron chi connectivity index (χ4n) is 2.37. The van der Waals surface area contributed by atoms with E-state index in [4.69, 9.17) is 9.47 Å². The van der Waals surface area contributed by atoms with E-state index in [1.54, 1.807) is 24.3 Å². The quantitative estimate of drug-likeness (QED) is 0.522. The van der Waals surface area contributed by atoms with Gasteiger partial charge < -0.3 is 14.8 Å². The highest BCUT2D eigenvalue weighted by atomic mass is 32.2. The number of hydrogen-bond donors (Lipinski definition) is 1. The average Bonchev–Trinajstić information content (AvgIpc) is 2.65. The molecule has 0 aliphatic carbocycles. The minimum absolute atomic E-state index is 0.0771. The molecule has 0 aromatic heterocycles. The zero-order valence-electron chi connectivity index (χ0n) is 15.4. The van der Waals surface area contributed by atoms with Gasteiger partial charge in [0.2, 0.25) is 15.9 Å². The van der Waals surface area contributed by atoms with Gasteiger partial charge in [-0.3, -0.25) is 19.2 Å². The highest BCUT2D eigenvalue weighted by Crippen LogP contribution is 2.33. The summed E-state index contributed by atoms with van der Waals surface area (Å²) in [6.45, 7) is -0.595. The summed E-state index contributed by atoms with van der Waals surface area (Å²) in [5.41, 5.74) is -0.00523. The third-order valence-electron chi connectivity index (χ3n) is 3.70. The van der Waals surface area contributed by atoms with Gasteiger partial charge in [0.05, 0.1) is 25.4 Å². The van der Waals surface area contributed by atoms with Crippen molar-refractivity contribution in [3.8, 4) is 11.5 Å². The van der Waals surface area contributed by atoms with E-state index in [1.165, 1.54) is 26.4 Å². The van der Waals surface area contributed by atoms with Crippen LogP contribution in [0.15, 0.2) is 42.5 Å². The Morgan fingerprint density at radius 1 is 1.14 bits per heavy atom. The number of sulfonamides is 1. The fraction of sp³-hybridized carbons (Fsp3) is 0.235. The number of nitro benzene ring substituents is 1. The van der Waals surface area contributed by atoms with E-state index < -0.39 is 27.4 Å². The Bertz CT molecular complexity index is 975. The van der Waals surface area contributed by atoms with Crippen molar-refractivity contribution in [1.82, 2.24) is 0 Å². The summed E-state index contributed by atoms with van der Waals surface area (Å²) in [6.07, 6.45) is 0.895. The molecule has 0 saturated heterocycles. The molecule has 0 bridgehead atoms.